The lowest BCUT2D eigenvalue weighted by atomic mass is 10.1. The van der Waals surface area contributed by atoms with Crippen molar-refractivity contribution in [2.45, 2.75) is 45.1 Å². The number of likely N-dealkylation sites (tertiary alicyclic amines) is 1. The predicted molar refractivity (Wildman–Crippen MR) is 121 cm³/mol. The van der Waals surface area contributed by atoms with Crippen LogP contribution < -0.4 is 5.32 Å². The van der Waals surface area contributed by atoms with E-state index >= 15 is 0 Å². The van der Waals surface area contributed by atoms with Gasteiger partial charge in [-0.1, -0.05) is 31.2 Å². The maximum atomic E-state index is 12.2. The molecular weight excluding hydrogens is 496 g/mol. The van der Waals surface area contributed by atoms with Gasteiger partial charge in [-0.2, -0.15) is 13.2 Å². The van der Waals surface area contributed by atoms with Crippen molar-refractivity contribution < 1.29 is 17.9 Å². The molecule has 166 valence electrons. The van der Waals surface area contributed by atoms with Crippen molar-refractivity contribution in [3.63, 3.8) is 0 Å². The van der Waals surface area contributed by atoms with E-state index in [0.717, 1.165) is 36.7 Å². The molecule has 1 unspecified atom stereocenters. The maximum absolute atomic E-state index is 12.2. The molecule has 1 atom stereocenters. The van der Waals surface area contributed by atoms with E-state index in [-0.39, 0.29) is 30.6 Å². The zero-order chi connectivity index (χ0) is 20.6. The smallest absolute Gasteiger partial charge is 0.367 e. The van der Waals surface area contributed by atoms with Gasteiger partial charge in [0.2, 0.25) is 0 Å². The molecule has 0 saturated carbocycles. The van der Waals surface area contributed by atoms with Gasteiger partial charge in [-0.3, -0.25) is 9.89 Å². The number of hydrogen-bond donors (Lipinski definition) is 1. The van der Waals surface area contributed by atoms with E-state index < -0.39 is 12.8 Å². The number of guanidine groups is 1. The van der Waals surface area contributed by atoms with Crippen LogP contribution in [-0.4, -0.2) is 68.3 Å². The van der Waals surface area contributed by atoms with Crippen LogP contribution in [0, 0.1) is 0 Å². The number of likely N-dealkylation sites (N-methyl/N-ethyl adjacent to an activating group) is 2. The van der Waals surface area contributed by atoms with Gasteiger partial charge in [0, 0.05) is 33.2 Å². The summed E-state index contributed by atoms with van der Waals surface area (Å²) < 4.78 is 41.3. The molecule has 0 spiro atoms. The van der Waals surface area contributed by atoms with Crippen molar-refractivity contribution in [3.05, 3.63) is 35.4 Å². The van der Waals surface area contributed by atoms with Crippen molar-refractivity contribution in [1.82, 2.24) is 15.1 Å². The first-order chi connectivity index (χ1) is 13.3. The number of alkyl halides is 3. The number of halogens is 4. The third kappa shape index (κ3) is 9.08. The second-order valence-corrected chi connectivity index (χ2v) is 7.13. The minimum absolute atomic E-state index is 0. The molecule has 1 heterocycles. The monoisotopic (exact) mass is 528 g/mol. The average Bonchev–Trinajstić information content (AvgIpc) is 3.08. The van der Waals surface area contributed by atoms with Crippen LogP contribution in [0.2, 0.25) is 0 Å². The quantitative estimate of drug-likeness (QED) is 0.316. The SMILES string of the molecule is CCN1CCCC1CN(C)C(=NC)NCc1cccc(COCC(F)(F)F)c1.I. The fraction of sp³-hybridized carbons (Fsp3) is 0.650. The fourth-order valence-electron chi connectivity index (χ4n) is 3.60. The summed E-state index contributed by atoms with van der Waals surface area (Å²) in [6.07, 6.45) is -1.86. The minimum atomic E-state index is -4.30. The molecule has 1 aliphatic heterocycles. The predicted octanol–water partition coefficient (Wildman–Crippen LogP) is 3.88. The second-order valence-electron chi connectivity index (χ2n) is 7.13. The Morgan fingerprint density at radius 3 is 2.72 bits per heavy atom. The molecule has 29 heavy (non-hydrogen) atoms. The lowest BCUT2D eigenvalue weighted by Crippen LogP contribution is -2.45. The third-order valence-corrected chi connectivity index (χ3v) is 4.94. The van der Waals surface area contributed by atoms with E-state index in [4.69, 9.17) is 4.74 Å². The van der Waals surface area contributed by atoms with Gasteiger partial charge in [0.15, 0.2) is 5.96 Å². The van der Waals surface area contributed by atoms with Gasteiger partial charge in [-0.25, -0.2) is 0 Å². The van der Waals surface area contributed by atoms with Crippen LogP contribution >= 0.6 is 24.0 Å². The Hall–Kier alpha value is -1.07. The molecule has 1 aromatic rings. The van der Waals surface area contributed by atoms with Crippen LogP contribution in [0.3, 0.4) is 0 Å². The molecular formula is C20H32F3IN4O. The van der Waals surface area contributed by atoms with Crippen LogP contribution in [0.5, 0.6) is 0 Å². The van der Waals surface area contributed by atoms with E-state index in [1.54, 1.807) is 13.1 Å². The standard InChI is InChI=1S/C20H31F3N4O.HI/c1-4-27-10-6-9-18(27)13-26(3)19(24-2)25-12-16-7-5-8-17(11-16)14-28-15-20(21,22)23;/h5,7-8,11,18H,4,6,9-10,12-15H2,1-3H3,(H,24,25);1H. The van der Waals surface area contributed by atoms with Crippen molar-refractivity contribution >= 4 is 29.9 Å². The highest BCUT2D eigenvalue weighted by Gasteiger charge is 2.27. The fourth-order valence-corrected chi connectivity index (χ4v) is 3.60. The molecule has 1 N–H and O–H groups in total. The topological polar surface area (TPSA) is 40.1 Å². The molecule has 5 nitrogen and oxygen atoms in total. The maximum Gasteiger partial charge on any atom is 0.411 e. The summed E-state index contributed by atoms with van der Waals surface area (Å²) in [5.74, 6) is 0.807. The molecule has 0 aliphatic carbocycles. The number of benzene rings is 1. The van der Waals surface area contributed by atoms with Gasteiger partial charge in [-0.05, 0) is 37.1 Å². The molecule has 2 rings (SSSR count). The number of aliphatic imine (C=N–C) groups is 1. The number of hydrogen-bond acceptors (Lipinski definition) is 3. The van der Waals surface area contributed by atoms with Crippen molar-refractivity contribution in [2.24, 2.45) is 4.99 Å². The molecule has 0 aromatic heterocycles. The lowest BCUT2D eigenvalue weighted by molar-refractivity contribution is -0.176. The summed E-state index contributed by atoms with van der Waals surface area (Å²) in [6.45, 7) is 4.58. The Bertz CT molecular complexity index is 642. The van der Waals surface area contributed by atoms with Crippen LogP contribution in [0.4, 0.5) is 13.2 Å². The summed E-state index contributed by atoms with van der Waals surface area (Å²) in [7, 11) is 3.79. The van der Waals surface area contributed by atoms with Crippen molar-refractivity contribution in [2.75, 3.05) is 40.3 Å². The van der Waals surface area contributed by atoms with Gasteiger partial charge in [0.1, 0.15) is 6.61 Å². The van der Waals surface area contributed by atoms with Gasteiger partial charge in [0.05, 0.1) is 6.61 Å². The van der Waals surface area contributed by atoms with E-state index in [1.165, 1.54) is 12.8 Å². The van der Waals surface area contributed by atoms with E-state index in [1.807, 2.05) is 25.2 Å². The minimum Gasteiger partial charge on any atom is -0.367 e. The third-order valence-electron chi connectivity index (χ3n) is 4.94. The summed E-state index contributed by atoms with van der Waals surface area (Å²) >= 11 is 0. The van der Waals surface area contributed by atoms with E-state index in [9.17, 15) is 13.2 Å². The summed E-state index contributed by atoms with van der Waals surface area (Å²) in [6, 6.07) is 7.92. The highest BCUT2D eigenvalue weighted by Crippen LogP contribution is 2.18. The van der Waals surface area contributed by atoms with Crippen molar-refractivity contribution in [1.29, 1.82) is 0 Å². The number of nitrogens with one attached hydrogen (secondary N) is 1. The molecule has 0 bridgehead atoms. The Labute approximate surface area is 188 Å². The number of rotatable bonds is 8. The van der Waals surface area contributed by atoms with Gasteiger partial charge in [-0.15, -0.1) is 24.0 Å². The Morgan fingerprint density at radius 2 is 2.07 bits per heavy atom. The number of ether oxygens (including phenoxy) is 1. The molecule has 1 aromatic carbocycles. The zero-order valence-corrected chi connectivity index (χ0v) is 19.7. The van der Waals surface area contributed by atoms with Crippen LogP contribution in [0.1, 0.15) is 30.9 Å². The van der Waals surface area contributed by atoms with Crippen LogP contribution in [0.25, 0.3) is 0 Å². The van der Waals surface area contributed by atoms with Gasteiger partial charge >= 0.3 is 6.18 Å². The molecule has 1 aliphatic rings. The average molecular weight is 528 g/mol. The lowest BCUT2D eigenvalue weighted by Gasteiger charge is -2.29. The summed E-state index contributed by atoms with van der Waals surface area (Å²) in [4.78, 5) is 8.99. The summed E-state index contributed by atoms with van der Waals surface area (Å²) in [5.41, 5.74) is 1.69. The normalized spacial score (nSPS) is 17.9. The first kappa shape index (κ1) is 26.0. The summed E-state index contributed by atoms with van der Waals surface area (Å²) in [5, 5.41) is 3.34. The molecule has 0 amide bonds. The van der Waals surface area contributed by atoms with Gasteiger partial charge in [0.25, 0.3) is 0 Å². The Kier molecular flexibility index (Phi) is 11.3. The highest BCUT2D eigenvalue weighted by atomic mass is 127. The van der Waals surface area contributed by atoms with E-state index in [0.29, 0.717) is 12.6 Å². The zero-order valence-electron chi connectivity index (χ0n) is 17.3. The van der Waals surface area contributed by atoms with E-state index in [2.05, 4.69) is 27.0 Å². The molecule has 1 saturated heterocycles. The highest BCUT2D eigenvalue weighted by molar-refractivity contribution is 14.0. The molecule has 1 fully saturated rings. The number of nitrogens with zero attached hydrogens (tertiary/aromatic N) is 3. The second kappa shape index (κ2) is 12.6. The largest absolute Gasteiger partial charge is 0.411 e. The Balaban J connectivity index is 0.00000420. The molecule has 9 heteroatoms. The van der Waals surface area contributed by atoms with Crippen LogP contribution in [-0.2, 0) is 17.9 Å². The molecule has 0 radical (unpaired) electrons. The van der Waals surface area contributed by atoms with Gasteiger partial charge < -0.3 is 15.0 Å². The van der Waals surface area contributed by atoms with Crippen LogP contribution in [0.15, 0.2) is 29.3 Å². The Morgan fingerprint density at radius 1 is 1.34 bits per heavy atom. The first-order valence-electron chi connectivity index (χ1n) is 9.70. The first-order valence-corrected chi connectivity index (χ1v) is 9.70. The van der Waals surface area contributed by atoms with Crippen molar-refractivity contribution in [3.8, 4) is 0 Å².